The van der Waals surface area contributed by atoms with Crippen molar-refractivity contribution in [3.8, 4) is 0 Å². The smallest absolute Gasteiger partial charge is 0.326 e. The number of hydrogen-bond acceptors (Lipinski definition) is 3. The molecule has 0 aliphatic carbocycles. The third-order valence-corrected chi connectivity index (χ3v) is 2.57. The summed E-state index contributed by atoms with van der Waals surface area (Å²) in [4.78, 5) is 16.7. The highest BCUT2D eigenvalue weighted by Crippen LogP contribution is 2.23. The summed E-state index contributed by atoms with van der Waals surface area (Å²) in [6.07, 6.45) is 3.49. The van der Waals surface area contributed by atoms with Gasteiger partial charge in [0.05, 0.1) is 0 Å². The number of pyridine rings is 1. The Labute approximate surface area is 89.6 Å². The van der Waals surface area contributed by atoms with Crippen molar-refractivity contribution < 1.29 is 9.90 Å². The van der Waals surface area contributed by atoms with E-state index in [1.54, 1.807) is 31.3 Å². The maximum atomic E-state index is 10.9. The Bertz CT molecular complexity index is 357. The van der Waals surface area contributed by atoms with E-state index in [1.807, 2.05) is 13.8 Å². The van der Waals surface area contributed by atoms with E-state index in [0.717, 1.165) is 16.8 Å². The van der Waals surface area contributed by atoms with Crippen molar-refractivity contribution in [2.75, 3.05) is 11.9 Å². The quantitative estimate of drug-likeness (QED) is 0.819. The van der Waals surface area contributed by atoms with Gasteiger partial charge in [-0.25, -0.2) is 4.79 Å². The maximum Gasteiger partial charge on any atom is 0.326 e. The number of likely N-dealkylation sites (N-methyl/N-ethyl adjacent to an activating group) is 1. The first kappa shape index (κ1) is 11.5. The highest BCUT2D eigenvalue weighted by Gasteiger charge is 2.19. The topological polar surface area (TPSA) is 53.4 Å². The van der Waals surface area contributed by atoms with Gasteiger partial charge in [0.1, 0.15) is 6.04 Å². The molecule has 0 spiro atoms. The fourth-order valence-corrected chi connectivity index (χ4v) is 1.61. The molecule has 1 atom stereocenters. The fourth-order valence-electron chi connectivity index (χ4n) is 1.61. The molecule has 0 saturated carbocycles. The third-order valence-electron chi connectivity index (χ3n) is 2.57. The third kappa shape index (κ3) is 2.26. The number of aliphatic carboxylic acids is 1. The van der Waals surface area contributed by atoms with Crippen LogP contribution >= 0.6 is 0 Å². The number of aromatic nitrogens is 1. The van der Waals surface area contributed by atoms with Gasteiger partial charge in [0.2, 0.25) is 0 Å². The van der Waals surface area contributed by atoms with Crippen molar-refractivity contribution >= 4 is 11.7 Å². The molecule has 1 N–H and O–H groups in total. The van der Waals surface area contributed by atoms with Gasteiger partial charge in [0.25, 0.3) is 0 Å². The number of hydrogen-bond donors (Lipinski definition) is 1. The van der Waals surface area contributed by atoms with Crippen LogP contribution in [0.1, 0.15) is 18.1 Å². The predicted octanol–water partition coefficient (Wildman–Crippen LogP) is 1.61. The van der Waals surface area contributed by atoms with Gasteiger partial charge in [0.15, 0.2) is 0 Å². The van der Waals surface area contributed by atoms with Crippen molar-refractivity contribution in [3.63, 3.8) is 0 Å². The maximum absolute atomic E-state index is 10.9. The zero-order chi connectivity index (χ0) is 11.6. The van der Waals surface area contributed by atoms with Crippen LogP contribution in [0.3, 0.4) is 0 Å². The fraction of sp³-hybridized carbons (Fsp3) is 0.455. The van der Waals surface area contributed by atoms with Gasteiger partial charge in [-0.05, 0) is 31.9 Å². The molecule has 15 heavy (non-hydrogen) atoms. The van der Waals surface area contributed by atoms with Crippen molar-refractivity contribution in [1.29, 1.82) is 0 Å². The molecule has 0 bridgehead atoms. The average molecular weight is 208 g/mol. The minimum atomic E-state index is -0.826. The zero-order valence-corrected chi connectivity index (χ0v) is 9.48. The van der Waals surface area contributed by atoms with Gasteiger partial charge in [0, 0.05) is 25.1 Å². The lowest BCUT2D eigenvalue weighted by molar-refractivity contribution is -0.138. The van der Waals surface area contributed by atoms with Crippen LogP contribution in [0.25, 0.3) is 0 Å². The minimum absolute atomic E-state index is 0.537. The Morgan fingerprint density at radius 1 is 1.40 bits per heavy atom. The number of nitrogens with zero attached hydrogens (tertiary/aromatic N) is 2. The first-order valence-corrected chi connectivity index (χ1v) is 4.82. The van der Waals surface area contributed by atoms with E-state index in [0.29, 0.717) is 0 Å². The van der Waals surface area contributed by atoms with Gasteiger partial charge in [-0.2, -0.15) is 0 Å². The van der Waals surface area contributed by atoms with Gasteiger partial charge < -0.3 is 10.0 Å². The molecular formula is C11H16N2O2. The number of anilines is 1. The summed E-state index contributed by atoms with van der Waals surface area (Å²) in [5, 5.41) is 8.94. The number of rotatable bonds is 3. The largest absolute Gasteiger partial charge is 0.480 e. The van der Waals surface area contributed by atoms with Crippen molar-refractivity contribution in [1.82, 2.24) is 4.98 Å². The lowest BCUT2D eigenvalue weighted by atomic mass is 10.1. The molecular weight excluding hydrogens is 192 g/mol. The zero-order valence-electron chi connectivity index (χ0n) is 9.48. The lowest BCUT2D eigenvalue weighted by Gasteiger charge is -2.26. The summed E-state index contributed by atoms with van der Waals surface area (Å²) in [6.45, 7) is 5.53. The molecule has 1 rings (SSSR count). The molecule has 0 radical (unpaired) electrons. The molecule has 0 fully saturated rings. The van der Waals surface area contributed by atoms with Gasteiger partial charge in [-0.1, -0.05) is 0 Å². The normalized spacial score (nSPS) is 12.3. The van der Waals surface area contributed by atoms with Crippen molar-refractivity contribution in [3.05, 3.63) is 23.5 Å². The van der Waals surface area contributed by atoms with E-state index in [1.165, 1.54) is 0 Å². The molecule has 0 saturated heterocycles. The molecule has 4 heteroatoms. The highest BCUT2D eigenvalue weighted by molar-refractivity contribution is 5.78. The monoisotopic (exact) mass is 208 g/mol. The molecule has 1 aromatic rings. The van der Waals surface area contributed by atoms with Crippen LogP contribution in [-0.2, 0) is 4.79 Å². The van der Waals surface area contributed by atoms with Crippen LogP contribution in [0.4, 0.5) is 5.69 Å². The van der Waals surface area contributed by atoms with Crippen LogP contribution in [-0.4, -0.2) is 29.1 Å². The number of carbonyl (C=O) groups is 1. The van der Waals surface area contributed by atoms with Crippen molar-refractivity contribution in [2.45, 2.75) is 26.8 Å². The van der Waals surface area contributed by atoms with E-state index in [9.17, 15) is 4.79 Å². The molecule has 0 aromatic carbocycles. The summed E-state index contributed by atoms with van der Waals surface area (Å²) < 4.78 is 0. The summed E-state index contributed by atoms with van der Waals surface area (Å²) in [6, 6.07) is -0.537. The van der Waals surface area contributed by atoms with E-state index < -0.39 is 12.0 Å². The Hall–Kier alpha value is -1.58. The van der Waals surface area contributed by atoms with E-state index in [2.05, 4.69) is 4.98 Å². The predicted molar refractivity (Wildman–Crippen MR) is 59.2 cm³/mol. The first-order valence-electron chi connectivity index (χ1n) is 4.82. The summed E-state index contributed by atoms with van der Waals surface area (Å²) in [5.41, 5.74) is 2.93. The van der Waals surface area contributed by atoms with Crippen LogP contribution in [0, 0.1) is 13.8 Å². The number of aryl methyl sites for hydroxylation is 2. The van der Waals surface area contributed by atoms with Gasteiger partial charge in [-0.15, -0.1) is 0 Å². The van der Waals surface area contributed by atoms with Gasteiger partial charge >= 0.3 is 5.97 Å². The molecule has 4 nitrogen and oxygen atoms in total. The van der Waals surface area contributed by atoms with Gasteiger partial charge in [-0.3, -0.25) is 4.98 Å². The van der Waals surface area contributed by atoms with E-state index >= 15 is 0 Å². The van der Waals surface area contributed by atoms with Crippen LogP contribution in [0.2, 0.25) is 0 Å². The second-order valence-electron chi connectivity index (χ2n) is 3.75. The summed E-state index contributed by atoms with van der Waals surface area (Å²) in [5.74, 6) is -0.826. The van der Waals surface area contributed by atoms with E-state index in [-0.39, 0.29) is 0 Å². The molecule has 1 unspecified atom stereocenters. The van der Waals surface area contributed by atoms with E-state index in [4.69, 9.17) is 5.11 Å². The summed E-state index contributed by atoms with van der Waals surface area (Å²) >= 11 is 0. The molecule has 82 valence electrons. The Kier molecular flexibility index (Phi) is 3.29. The Morgan fingerprint density at radius 3 is 2.27 bits per heavy atom. The molecule has 1 aromatic heterocycles. The molecule has 1 heterocycles. The average Bonchev–Trinajstić information content (AvgIpc) is 2.15. The number of carboxylic acid groups (broad SMARTS) is 1. The minimum Gasteiger partial charge on any atom is -0.480 e. The second kappa shape index (κ2) is 4.29. The first-order chi connectivity index (χ1) is 6.95. The highest BCUT2D eigenvalue weighted by atomic mass is 16.4. The Morgan fingerprint density at radius 2 is 1.87 bits per heavy atom. The standard InChI is InChI=1S/C11H16N2O2/c1-7-5-12-6-8(2)10(7)13(4)9(3)11(14)15/h5-6,9H,1-4H3,(H,14,15). The molecule has 0 amide bonds. The van der Waals surface area contributed by atoms with Crippen LogP contribution in [0.5, 0.6) is 0 Å². The molecule has 0 aliphatic heterocycles. The second-order valence-corrected chi connectivity index (χ2v) is 3.75. The lowest BCUT2D eigenvalue weighted by Crippen LogP contribution is -2.36. The van der Waals surface area contributed by atoms with Crippen LogP contribution in [0.15, 0.2) is 12.4 Å². The Balaban J connectivity index is 3.10. The SMILES string of the molecule is Cc1cncc(C)c1N(C)C(C)C(=O)O. The number of carboxylic acids is 1. The van der Waals surface area contributed by atoms with Crippen LogP contribution < -0.4 is 4.90 Å². The molecule has 0 aliphatic rings. The summed E-state index contributed by atoms with van der Waals surface area (Å²) in [7, 11) is 1.79. The van der Waals surface area contributed by atoms with Crippen molar-refractivity contribution in [2.24, 2.45) is 0 Å².